The van der Waals surface area contributed by atoms with Crippen molar-refractivity contribution in [3.8, 4) is 11.5 Å². The Bertz CT molecular complexity index is 666. The number of ether oxygens (including phenoxy) is 2. The maximum Gasteiger partial charge on any atom is 0.140 e. The molecule has 2 aromatic rings. The zero-order valence-corrected chi connectivity index (χ0v) is 12.8. The largest absolute Gasteiger partial charge is 0.496 e. The lowest BCUT2D eigenvalue weighted by atomic mass is 10.0. The van der Waals surface area contributed by atoms with Crippen LogP contribution in [0.5, 0.6) is 11.5 Å². The van der Waals surface area contributed by atoms with E-state index in [1.54, 1.807) is 14.2 Å². The van der Waals surface area contributed by atoms with Crippen LogP contribution in [0, 0.1) is 0 Å². The fourth-order valence-electron chi connectivity index (χ4n) is 3.09. The Morgan fingerprint density at radius 1 is 1.14 bits per heavy atom. The summed E-state index contributed by atoms with van der Waals surface area (Å²) in [6.45, 7) is 1.17. The number of aliphatic hydroxyl groups excluding tert-OH is 1. The van der Waals surface area contributed by atoms with Crippen LogP contribution in [0.25, 0.3) is 10.8 Å². The number of alkyl halides is 1. The Kier molecular flexibility index (Phi) is 4.18. The summed E-state index contributed by atoms with van der Waals surface area (Å²) in [5, 5.41) is 11.5. The van der Waals surface area contributed by atoms with Crippen molar-refractivity contribution >= 4 is 10.8 Å². The van der Waals surface area contributed by atoms with Gasteiger partial charge in [-0.15, -0.1) is 0 Å². The second-order valence-corrected chi connectivity index (χ2v) is 5.59. The van der Waals surface area contributed by atoms with E-state index in [0.717, 1.165) is 27.8 Å². The molecule has 118 valence electrons. The SMILES string of the molecule is COc1ccc(CN2C[C@@H](O)[C@H](F)C2)c2c(OC)cccc12. The van der Waals surface area contributed by atoms with E-state index in [1.165, 1.54) is 0 Å². The van der Waals surface area contributed by atoms with Gasteiger partial charge in [-0.1, -0.05) is 18.2 Å². The summed E-state index contributed by atoms with van der Waals surface area (Å²) in [5.74, 6) is 1.55. The minimum atomic E-state index is -1.17. The normalized spacial score (nSPS) is 22.2. The third-order valence-electron chi connectivity index (χ3n) is 4.18. The van der Waals surface area contributed by atoms with E-state index in [1.807, 2.05) is 35.2 Å². The van der Waals surface area contributed by atoms with Gasteiger partial charge >= 0.3 is 0 Å². The molecule has 1 saturated heterocycles. The summed E-state index contributed by atoms with van der Waals surface area (Å²) in [6, 6.07) is 9.70. The summed E-state index contributed by atoms with van der Waals surface area (Å²) in [5.41, 5.74) is 1.04. The quantitative estimate of drug-likeness (QED) is 0.941. The molecule has 3 rings (SSSR count). The molecular formula is C17H20FNO3. The van der Waals surface area contributed by atoms with Crippen molar-refractivity contribution in [2.24, 2.45) is 0 Å². The van der Waals surface area contributed by atoms with Crippen molar-refractivity contribution in [1.82, 2.24) is 4.90 Å². The number of nitrogens with zero attached hydrogens (tertiary/aromatic N) is 1. The Morgan fingerprint density at radius 3 is 2.55 bits per heavy atom. The summed E-state index contributed by atoms with van der Waals surface area (Å²) >= 11 is 0. The Labute approximate surface area is 129 Å². The predicted octanol–water partition coefficient (Wildman–Crippen LogP) is 2.37. The molecule has 0 unspecified atom stereocenters. The van der Waals surface area contributed by atoms with Gasteiger partial charge in [-0.2, -0.15) is 0 Å². The van der Waals surface area contributed by atoms with Gasteiger partial charge in [0, 0.05) is 30.4 Å². The molecule has 0 aromatic heterocycles. The first-order valence-corrected chi connectivity index (χ1v) is 7.31. The van der Waals surface area contributed by atoms with Gasteiger partial charge in [-0.25, -0.2) is 4.39 Å². The van der Waals surface area contributed by atoms with Gasteiger partial charge in [0.2, 0.25) is 0 Å². The first-order chi connectivity index (χ1) is 10.6. The number of fused-ring (bicyclic) bond motifs is 1. The van der Waals surface area contributed by atoms with Crippen LogP contribution in [0.15, 0.2) is 30.3 Å². The molecule has 1 aliphatic rings. The number of likely N-dealkylation sites (tertiary alicyclic amines) is 1. The second kappa shape index (κ2) is 6.10. The molecule has 22 heavy (non-hydrogen) atoms. The summed E-state index contributed by atoms with van der Waals surface area (Å²) in [7, 11) is 3.27. The standard InChI is InChI=1S/C17H20FNO3/c1-21-15-7-6-11(8-19-9-13(18)14(20)10-19)17-12(15)4-3-5-16(17)22-2/h3-7,13-14,20H,8-10H2,1-2H3/t13-,14-/m1/s1. The van der Waals surface area contributed by atoms with E-state index in [9.17, 15) is 9.50 Å². The van der Waals surface area contributed by atoms with Crippen molar-refractivity contribution in [2.45, 2.75) is 18.8 Å². The lowest BCUT2D eigenvalue weighted by Crippen LogP contribution is -2.21. The number of hydrogen-bond donors (Lipinski definition) is 1. The monoisotopic (exact) mass is 305 g/mol. The highest BCUT2D eigenvalue weighted by molar-refractivity contribution is 5.95. The van der Waals surface area contributed by atoms with E-state index in [4.69, 9.17) is 9.47 Å². The number of methoxy groups -OCH3 is 2. The molecule has 1 N–H and O–H groups in total. The lowest BCUT2D eigenvalue weighted by Gasteiger charge is -2.18. The van der Waals surface area contributed by atoms with Crippen molar-refractivity contribution in [2.75, 3.05) is 27.3 Å². The highest BCUT2D eigenvalue weighted by Gasteiger charge is 2.31. The van der Waals surface area contributed by atoms with Gasteiger partial charge in [0.1, 0.15) is 17.7 Å². The number of rotatable bonds is 4. The first-order valence-electron chi connectivity index (χ1n) is 7.31. The molecular weight excluding hydrogens is 285 g/mol. The molecule has 0 aliphatic carbocycles. The third kappa shape index (κ3) is 2.62. The average molecular weight is 305 g/mol. The van der Waals surface area contributed by atoms with Crippen LogP contribution in [0.3, 0.4) is 0 Å². The number of aliphatic hydroxyl groups is 1. The van der Waals surface area contributed by atoms with Crippen LogP contribution >= 0.6 is 0 Å². The van der Waals surface area contributed by atoms with Gasteiger partial charge < -0.3 is 14.6 Å². The lowest BCUT2D eigenvalue weighted by molar-refractivity contribution is 0.115. The van der Waals surface area contributed by atoms with Gasteiger partial charge in [-0.3, -0.25) is 4.90 Å². The molecule has 0 spiro atoms. The van der Waals surface area contributed by atoms with Crippen molar-refractivity contribution < 1.29 is 19.0 Å². The van der Waals surface area contributed by atoms with Gasteiger partial charge in [0.15, 0.2) is 0 Å². The second-order valence-electron chi connectivity index (χ2n) is 5.59. The molecule has 1 fully saturated rings. The van der Waals surface area contributed by atoms with E-state index < -0.39 is 12.3 Å². The zero-order valence-electron chi connectivity index (χ0n) is 12.8. The molecule has 2 atom stereocenters. The van der Waals surface area contributed by atoms with E-state index in [-0.39, 0.29) is 6.54 Å². The molecule has 1 aliphatic heterocycles. The van der Waals surface area contributed by atoms with Crippen LogP contribution < -0.4 is 9.47 Å². The predicted molar refractivity (Wildman–Crippen MR) is 83.2 cm³/mol. The number of hydrogen-bond acceptors (Lipinski definition) is 4. The van der Waals surface area contributed by atoms with Crippen LogP contribution in [-0.2, 0) is 6.54 Å². The van der Waals surface area contributed by atoms with E-state index >= 15 is 0 Å². The molecule has 0 radical (unpaired) electrons. The molecule has 5 heteroatoms. The van der Waals surface area contributed by atoms with Gasteiger partial charge in [-0.05, 0) is 17.7 Å². The number of β-amino-alcohol motifs (C(OH)–C–C–N with tert-alkyl or cyclic N) is 1. The fourth-order valence-corrected chi connectivity index (χ4v) is 3.09. The van der Waals surface area contributed by atoms with Crippen LogP contribution in [-0.4, -0.2) is 49.6 Å². The smallest absolute Gasteiger partial charge is 0.140 e. The molecule has 2 aromatic carbocycles. The topological polar surface area (TPSA) is 41.9 Å². The zero-order chi connectivity index (χ0) is 15.7. The van der Waals surface area contributed by atoms with E-state index in [0.29, 0.717) is 13.1 Å². The van der Waals surface area contributed by atoms with Crippen LogP contribution in [0.4, 0.5) is 4.39 Å². The highest BCUT2D eigenvalue weighted by Crippen LogP contribution is 2.36. The molecule has 0 bridgehead atoms. The average Bonchev–Trinajstić information content (AvgIpc) is 2.85. The molecule has 0 amide bonds. The summed E-state index contributed by atoms with van der Waals surface area (Å²) in [4.78, 5) is 1.92. The van der Waals surface area contributed by atoms with Crippen molar-refractivity contribution in [1.29, 1.82) is 0 Å². The van der Waals surface area contributed by atoms with Gasteiger partial charge in [0.05, 0.1) is 20.3 Å². The first kappa shape index (κ1) is 15.1. The van der Waals surface area contributed by atoms with Gasteiger partial charge in [0.25, 0.3) is 0 Å². The Hall–Kier alpha value is -1.85. The molecule has 1 heterocycles. The minimum Gasteiger partial charge on any atom is -0.496 e. The van der Waals surface area contributed by atoms with E-state index in [2.05, 4.69) is 0 Å². The summed E-state index contributed by atoms with van der Waals surface area (Å²) in [6.07, 6.45) is -2.07. The molecule has 0 saturated carbocycles. The van der Waals surface area contributed by atoms with Crippen LogP contribution in [0.2, 0.25) is 0 Å². The minimum absolute atomic E-state index is 0.254. The summed E-state index contributed by atoms with van der Waals surface area (Å²) < 4.78 is 24.4. The molecule has 4 nitrogen and oxygen atoms in total. The third-order valence-corrected chi connectivity index (χ3v) is 4.18. The fraction of sp³-hybridized carbons (Fsp3) is 0.412. The maximum absolute atomic E-state index is 13.5. The maximum atomic E-state index is 13.5. The van der Waals surface area contributed by atoms with Crippen molar-refractivity contribution in [3.05, 3.63) is 35.9 Å². The number of benzene rings is 2. The number of halogens is 1. The Balaban J connectivity index is 2.02. The van der Waals surface area contributed by atoms with Crippen LogP contribution in [0.1, 0.15) is 5.56 Å². The van der Waals surface area contributed by atoms with Crippen molar-refractivity contribution in [3.63, 3.8) is 0 Å². The highest BCUT2D eigenvalue weighted by atomic mass is 19.1. The Morgan fingerprint density at radius 2 is 1.91 bits per heavy atom.